The van der Waals surface area contributed by atoms with Crippen molar-refractivity contribution in [3.05, 3.63) is 22.8 Å². The van der Waals surface area contributed by atoms with Gasteiger partial charge in [-0.3, -0.25) is 4.79 Å². The maximum absolute atomic E-state index is 10.7. The summed E-state index contributed by atoms with van der Waals surface area (Å²) in [6.07, 6.45) is 1.67. The van der Waals surface area contributed by atoms with Crippen molar-refractivity contribution >= 4 is 6.29 Å². The molecule has 1 aromatic rings. The molecular weight excluding hydrogens is 168 g/mol. The van der Waals surface area contributed by atoms with Crippen LogP contribution in [0.5, 0.6) is 11.5 Å². The first-order valence-corrected chi connectivity index (χ1v) is 4.03. The van der Waals surface area contributed by atoms with E-state index in [0.717, 1.165) is 29.6 Å². The van der Waals surface area contributed by atoms with Crippen LogP contribution in [0.1, 0.15) is 21.5 Å². The van der Waals surface area contributed by atoms with Crippen molar-refractivity contribution in [2.24, 2.45) is 0 Å². The Balaban J connectivity index is 2.57. The van der Waals surface area contributed by atoms with Crippen LogP contribution in [0.4, 0.5) is 0 Å². The Morgan fingerprint density at radius 3 is 2.62 bits per heavy atom. The molecule has 0 fully saturated rings. The van der Waals surface area contributed by atoms with Gasteiger partial charge in [0.15, 0.2) is 6.29 Å². The van der Waals surface area contributed by atoms with Crippen molar-refractivity contribution in [1.82, 2.24) is 0 Å². The van der Waals surface area contributed by atoms with Crippen molar-refractivity contribution in [2.45, 2.75) is 6.42 Å². The van der Waals surface area contributed by atoms with E-state index >= 15 is 0 Å². The minimum atomic E-state index is 0.565. The smallest absolute Gasteiger partial charge is 0.153 e. The summed E-state index contributed by atoms with van der Waals surface area (Å²) in [4.78, 5) is 10.7. The maximum Gasteiger partial charge on any atom is 0.153 e. The number of fused-ring (bicyclic) bond motifs is 1. The average molecular weight is 178 g/mol. The topological polar surface area (TPSA) is 35.5 Å². The Labute approximate surface area is 76.3 Å². The van der Waals surface area contributed by atoms with E-state index in [1.807, 2.05) is 0 Å². The second kappa shape index (κ2) is 2.76. The number of carbonyl (C=O) groups excluding carboxylic acids is 1. The molecule has 0 atom stereocenters. The molecule has 0 N–H and O–H groups in total. The van der Waals surface area contributed by atoms with Crippen molar-refractivity contribution in [1.29, 1.82) is 0 Å². The van der Waals surface area contributed by atoms with E-state index in [4.69, 9.17) is 9.47 Å². The standard InChI is InChI=1S/C10H10O3/c1-12-9-3-6(5-11)10(13-2)8-4-7(8)9/h3,5H,4H2,1-2H3. The van der Waals surface area contributed by atoms with Gasteiger partial charge in [-0.1, -0.05) is 0 Å². The lowest BCUT2D eigenvalue weighted by atomic mass is 10.2. The van der Waals surface area contributed by atoms with Gasteiger partial charge in [-0.2, -0.15) is 0 Å². The van der Waals surface area contributed by atoms with Crippen molar-refractivity contribution in [2.75, 3.05) is 14.2 Å². The van der Waals surface area contributed by atoms with Gasteiger partial charge in [0.1, 0.15) is 11.5 Å². The molecule has 3 heteroatoms. The van der Waals surface area contributed by atoms with E-state index in [2.05, 4.69) is 0 Å². The first kappa shape index (κ1) is 8.10. The molecule has 0 saturated heterocycles. The summed E-state index contributed by atoms with van der Waals surface area (Å²) in [5, 5.41) is 0. The Kier molecular flexibility index (Phi) is 1.72. The van der Waals surface area contributed by atoms with Crippen LogP contribution in [0.3, 0.4) is 0 Å². The highest BCUT2D eigenvalue weighted by atomic mass is 16.5. The van der Waals surface area contributed by atoms with Gasteiger partial charge in [-0.05, 0) is 6.07 Å². The highest BCUT2D eigenvalue weighted by Gasteiger charge is 2.29. The van der Waals surface area contributed by atoms with Crippen LogP contribution < -0.4 is 9.47 Å². The van der Waals surface area contributed by atoms with Gasteiger partial charge in [0.2, 0.25) is 0 Å². The van der Waals surface area contributed by atoms with Crippen molar-refractivity contribution in [3.63, 3.8) is 0 Å². The Morgan fingerprint density at radius 2 is 2.08 bits per heavy atom. The predicted molar refractivity (Wildman–Crippen MR) is 47.7 cm³/mol. The van der Waals surface area contributed by atoms with E-state index in [9.17, 15) is 4.79 Å². The number of ether oxygens (including phenoxy) is 2. The summed E-state index contributed by atoms with van der Waals surface area (Å²) in [7, 11) is 3.18. The molecule has 2 rings (SSSR count). The molecule has 1 aromatic carbocycles. The van der Waals surface area contributed by atoms with Crippen LogP contribution in [0, 0.1) is 0 Å². The minimum Gasteiger partial charge on any atom is -0.496 e. The first-order valence-electron chi connectivity index (χ1n) is 4.03. The van der Waals surface area contributed by atoms with Gasteiger partial charge in [0.05, 0.1) is 19.8 Å². The normalized spacial score (nSPS) is 11.8. The fourth-order valence-electron chi connectivity index (χ4n) is 1.56. The van der Waals surface area contributed by atoms with E-state index in [0.29, 0.717) is 11.3 Å². The number of rotatable bonds is 3. The molecule has 1 aliphatic carbocycles. The lowest BCUT2D eigenvalue weighted by Gasteiger charge is -2.04. The van der Waals surface area contributed by atoms with Crippen molar-refractivity contribution in [3.8, 4) is 11.5 Å². The molecular formula is C10H10O3. The number of benzene rings is 1. The quantitative estimate of drug-likeness (QED) is 0.667. The molecule has 13 heavy (non-hydrogen) atoms. The molecule has 0 aromatic heterocycles. The largest absolute Gasteiger partial charge is 0.496 e. The number of hydrogen-bond acceptors (Lipinski definition) is 3. The van der Waals surface area contributed by atoms with Gasteiger partial charge in [-0.25, -0.2) is 0 Å². The molecule has 0 saturated carbocycles. The van der Waals surface area contributed by atoms with Crippen molar-refractivity contribution < 1.29 is 14.3 Å². The monoisotopic (exact) mass is 178 g/mol. The summed E-state index contributed by atoms with van der Waals surface area (Å²) in [5.74, 6) is 1.49. The zero-order chi connectivity index (χ0) is 9.42. The van der Waals surface area contributed by atoms with Crippen LogP contribution in [-0.2, 0) is 6.42 Å². The predicted octanol–water partition coefficient (Wildman–Crippen LogP) is 1.42. The Morgan fingerprint density at radius 1 is 1.31 bits per heavy atom. The van der Waals surface area contributed by atoms with E-state index in [1.54, 1.807) is 20.3 Å². The number of hydrogen-bond donors (Lipinski definition) is 0. The summed E-state index contributed by atoms with van der Waals surface area (Å²) in [5.41, 5.74) is 2.82. The molecule has 0 unspecified atom stereocenters. The minimum absolute atomic E-state index is 0.565. The number of aldehydes is 1. The second-order valence-corrected chi connectivity index (χ2v) is 2.95. The molecule has 0 spiro atoms. The third-order valence-corrected chi connectivity index (χ3v) is 2.26. The fourth-order valence-corrected chi connectivity index (χ4v) is 1.56. The maximum atomic E-state index is 10.7. The Bertz CT molecular complexity index is 369. The van der Waals surface area contributed by atoms with Crippen LogP contribution in [0.2, 0.25) is 0 Å². The molecule has 0 bridgehead atoms. The summed E-state index contributed by atoms with van der Waals surface area (Å²) < 4.78 is 10.3. The number of carbonyl (C=O) groups is 1. The molecule has 0 amide bonds. The van der Waals surface area contributed by atoms with Crippen LogP contribution in [0.15, 0.2) is 6.07 Å². The highest BCUT2D eigenvalue weighted by Crippen LogP contribution is 2.45. The van der Waals surface area contributed by atoms with Gasteiger partial charge < -0.3 is 9.47 Å². The van der Waals surface area contributed by atoms with E-state index < -0.39 is 0 Å². The zero-order valence-electron chi connectivity index (χ0n) is 7.59. The van der Waals surface area contributed by atoms with E-state index in [-0.39, 0.29) is 0 Å². The second-order valence-electron chi connectivity index (χ2n) is 2.95. The van der Waals surface area contributed by atoms with Crippen LogP contribution in [-0.4, -0.2) is 20.5 Å². The molecule has 0 heterocycles. The SMILES string of the molecule is COc1cc(C=O)c(OC)c2c1C2. The molecule has 1 aliphatic rings. The molecule has 68 valence electrons. The average Bonchev–Trinajstić information content (AvgIpc) is 2.94. The lowest BCUT2D eigenvalue weighted by molar-refractivity contribution is 0.112. The lowest BCUT2D eigenvalue weighted by Crippen LogP contribution is -1.91. The fraction of sp³-hybridized carbons (Fsp3) is 0.300. The van der Waals surface area contributed by atoms with Gasteiger partial charge in [0, 0.05) is 17.5 Å². The first-order chi connectivity index (χ1) is 6.31. The van der Waals surface area contributed by atoms with E-state index in [1.165, 1.54) is 0 Å². The zero-order valence-corrected chi connectivity index (χ0v) is 7.59. The van der Waals surface area contributed by atoms with Gasteiger partial charge in [0.25, 0.3) is 0 Å². The molecule has 3 nitrogen and oxygen atoms in total. The van der Waals surface area contributed by atoms with Gasteiger partial charge in [-0.15, -0.1) is 0 Å². The third-order valence-electron chi connectivity index (χ3n) is 2.26. The third kappa shape index (κ3) is 1.08. The summed E-state index contributed by atoms with van der Waals surface area (Å²) in [6.45, 7) is 0. The summed E-state index contributed by atoms with van der Waals surface area (Å²) >= 11 is 0. The molecule has 0 aliphatic heterocycles. The van der Waals surface area contributed by atoms with Gasteiger partial charge >= 0.3 is 0 Å². The highest BCUT2D eigenvalue weighted by molar-refractivity contribution is 5.84. The summed E-state index contributed by atoms with van der Waals surface area (Å²) in [6, 6.07) is 1.72. The molecule has 0 radical (unpaired) electrons. The number of methoxy groups -OCH3 is 2. The Hall–Kier alpha value is -1.51. The van der Waals surface area contributed by atoms with Crippen LogP contribution >= 0.6 is 0 Å². The van der Waals surface area contributed by atoms with Crippen LogP contribution in [0.25, 0.3) is 0 Å².